The summed E-state index contributed by atoms with van der Waals surface area (Å²) in [4.78, 5) is 21.4. The highest BCUT2D eigenvalue weighted by molar-refractivity contribution is 7.99. The van der Waals surface area contributed by atoms with Crippen molar-refractivity contribution in [3.05, 3.63) is 90.0 Å². The summed E-state index contributed by atoms with van der Waals surface area (Å²) >= 11 is 1.48. The molecule has 0 saturated carbocycles. The average molecular weight is 591 g/mol. The van der Waals surface area contributed by atoms with Crippen LogP contribution >= 0.6 is 11.8 Å². The van der Waals surface area contributed by atoms with Gasteiger partial charge in [-0.2, -0.15) is 13.2 Å². The molecule has 6 rings (SSSR count). The number of nitrogens with zero attached hydrogens (tertiary/aromatic N) is 6. The predicted molar refractivity (Wildman–Crippen MR) is 159 cm³/mol. The molecular weight excluding hydrogens is 561 g/mol. The van der Waals surface area contributed by atoms with Crippen LogP contribution in [0.5, 0.6) is 0 Å². The molecule has 0 radical (unpaired) electrons. The number of benzene rings is 3. The fourth-order valence-corrected chi connectivity index (χ4v) is 6.04. The number of para-hydroxylation sites is 1. The first-order valence-electron chi connectivity index (χ1n) is 13.9. The first-order valence-corrected chi connectivity index (χ1v) is 14.8. The minimum absolute atomic E-state index is 0.0526. The molecule has 7 nitrogen and oxygen atoms in total. The molecule has 0 unspecified atom stereocenters. The molecule has 1 aliphatic heterocycles. The number of carbonyl (C=O) groups is 1. The minimum Gasteiger partial charge on any atom is -0.368 e. The van der Waals surface area contributed by atoms with Crippen molar-refractivity contribution in [3.63, 3.8) is 0 Å². The molecule has 216 valence electrons. The summed E-state index contributed by atoms with van der Waals surface area (Å²) in [6.45, 7) is 2.63. The van der Waals surface area contributed by atoms with Crippen molar-refractivity contribution >= 4 is 45.4 Å². The number of anilines is 1. The number of fused-ring (bicyclic) bond motifs is 3. The Morgan fingerprint density at radius 1 is 0.881 bits per heavy atom. The maximum atomic E-state index is 13.1. The lowest BCUT2D eigenvalue weighted by Crippen LogP contribution is -2.48. The lowest BCUT2D eigenvalue weighted by atomic mass is 10.1. The summed E-state index contributed by atoms with van der Waals surface area (Å²) in [6, 6.07) is 23.7. The third-order valence-corrected chi connectivity index (χ3v) is 8.40. The van der Waals surface area contributed by atoms with Gasteiger partial charge in [0.15, 0.2) is 5.65 Å². The summed E-state index contributed by atoms with van der Waals surface area (Å²) in [6.07, 6.45) is -3.33. The van der Waals surface area contributed by atoms with Gasteiger partial charge in [-0.15, -0.1) is 10.2 Å². The molecule has 0 atom stereocenters. The van der Waals surface area contributed by atoms with Gasteiger partial charge >= 0.3 is 6.18 Å². The number of amides is 1. The Morgan fingerprint density at radius 3 is 2.43 bits per heavy atom. The van der Waals surface area contributed by atoms with Crippen molar-refractivity contribution in [1.29, 1.82) is 0 Å². The Hall–Kier alpha value is -4.12. The molecule has 42 heavy (non-hydrogen) atoms. The number of halogens is 3. The van der Waals surface area contributed by atoms with Gasteiger partial charge in [-0.3, -0.25) is 4.79 Å². The van der Waals surface area contributed by atoms with Gasteiger partial charge in [0, 0.05) is 56.0 Å². The van der Waals surface area contributed by atoms with Crippen LogP contribution in [0.4, 0.5) is 18.9 Å². The van der Waals surface area contributed by atoms with E-state index in [1.807, 2.05) is 41.3 Å². The number of rotatable bonds is 8. The predicted octanol–water partition coefficient (Wildman–Crippen LogP) is 6.27. The number of piperazine rings is 1. The van der Waals surface area contributed by atoms with Crippen LogP contribution in [0, 0.1) is 0 Å². The Kier molecular flexibility index (Phi) is 8.01. The van der Waals surface area contributed by atoms with Gasteiger partial charge in [0.2, 0.25) is 11.1 Å². The summed E-state index contributed by atoms with van der Waals surface area (Å²) in [5.41, 5.74) is 3.65. The SMILES string of the molecule is O=C(CCCSc1nnc2c3ccccc3n(Cc3ccccc3)c2n1)N1CCN(c2cccc(C(F)(F)F)c2)CC1. The molecule has 1 fully saturated rings. The molecule has 3 heterocycles. The van der Waals surface area contributed by atoms with Crippen LogP contribution in [0.15, 0.2) is 84.0 Å². The first-order chi connectivity index (χ1) is 20.4. The van der Waals surface area contributed by atoms with Crippen LogP contribution in [0.25, 0.3) is 22.1 Å². The third-order valence-electron chi connectivity index (χ3n) is 7.48. The van der Waals surface area contributed by atoms with Crippen LogP contribution < -0.4 is 4.90 Å². The lowest BCUT2D eigenvalue weighted by Gasteiger charge is -2.36. The summed E-state index contributed by atoms with van der Waals surface area (Å²) in [7, 11) is 0. The van der Waals surface area contributed by atoms with E-state index in [1.165, 1.54) is 29.5 Å². The van der Waals surface area contributed by atoms with E-state index in [9.17, 15) is 18.0 Å². The van der Waals surface area contributed by atoms with Gasteiger partial charge in [0.05, 0.1) is 11.1 Å². The monoisotopic (exact) mass is 590 g/mol. The summed E-state index contributed by atoms with van der Waals surface area (Å²) in [5, 5.41) is 10.5. The second-order valence-corrected chi connectivity index (χ2v) is 11.3. The molecule has 1 amide bonds. The zero-order valence-corrected chi connectivity index (χ0v) is 23.6. The van der Waals surface area contributed by atoms with Crippen LogP contribution in [0.3, 0.4) is 0 Å². The second-order valence-electron chi connectivity index (χ2n) is 10.2. The van der Waals surface area contributed by atoms with Crippen molar-refractivity contribution in [2.24, 2.45) is 0 Å². The maximum absolute atomic E-state index is 13.1. The fourth-order valence-electron chi connectivity index (χ4n) is 5.31. The van der Waals surface area contributed by atoms with Gasteiger partial charge in [-0.25, -0.2) is 4.98 Å². The Labute approximate surface area is 245 Å². The quantitative estimate of drug-likeness (QED) is 0.157. The maximum Gasteiger partial charge on any atom is 0.416 e. The second kappa shape index (κ2) is 12.0. The van der Waals surface area contributed by atoms with E-state index in [4.69, 9.17) is 4.98 Å². The largest absolute Gasteiger partial charge is 0.416 e. The van der Waals surface area contributed by atoms with Crippen molar-refractivity contribution in [3.8, 4) is 0 Å². The van der Waals surface area contributed by atoms with Crippen molar-refractivity contribution in [2.45, 2.75) is 30.7 Å². The summed E-state index contributed by atoms with van der Waals surface area (Å²) < 4.78 is 41.4. The van der Waals surface area contributed by atoms with E-state index in [0.29, 0.717) is 62.2 Å². The average Bonchev–Trinajstić information content (AvgIpc) is 3.32. The van der Waals surface area contributed by atoms with Gasteiger partial charge in [-0.05, 0) is 36.2 Å². The summed E-state index contributed by atoms with van der Waals surface area (Å²) in [5.74, 6) is 0.721. The number of hydrogen-bond donors (Lipinski definition) is 0. The minimum atomic E-state index is -4.38. The molecule has 0 spiro atoms. The highest BCUT2D eigenvalue weighted by Crippen LogP contribution is 2.32. The van der Waals surface area contributed by atoms with Crippen molar-refractivity contribution in [1.82, 2.24) is 24.6 Å². The molecule has 11 heteroatoms. The van der Waals surface area contributed by atoms with E-state index in [1.54, 1.807) is 11.0 Å². The Morgan fingerprint density at radius 2 is 1.64 bits per heavy atom. The standard InChI is InChI=1S/C31H29F3N6OS/c32-31(33,34)23-10-6-11-24(20-23)38-15-17-39(18-16-38)27(41)14-7-19-42-30-35-29-28(36-37-30)25-12-4-5-13-26(25)40(29)21-22-8-2-1-3-9-22/h1-6,8-13,20H,7,14-19,21H2. The van der Waals surface area contributed by atoms with E-state index >= 15 is 0 Å². The van der Waals surface area contributed by atoms with Gasteiger partial charge < -0.3 is 14.4 Å². The molecular formula is C31H29F3N6OS. The molecule has 0 N–H and O–H groups in total. The van der Waals surface area contributed by atoms with Crippen LogP contribution in [-0.2, 0) is 17.5 Å². The number of aromatic nitrogens is 4. The van der Waals surface area contributed by atoms with E-state index in [0.717, 1.165) is 28.1 Å². The number of thioether (sulfide) groups is 1. The number of carbonyl (C=O) groups excluding carboxylic acids is 1. The molecule has 0 aliphatic carbocycles. The fraction of sp³-hybridized carbons (Fsp3) is 0.290. The van der Waals surface area contributed by atoms with Gasteiger partial charge in [-0.1, -0.05) is 66.4 Å². The highest BCUT2D eigenvalue weighted by atomic mass is 32.2. The van der Waals surface area contributed by atoms with E-state index in [2.05, 4.69) is 33.0 Å². The lowest BCUT2D eigenvalue weighted by molar-refractivity contribution is -0.137. The van der Waals surface area contributed by atoms with Crippen molar-refractivity contribution in [2.75, 3.05) is 36.8 Å². The van der Waals surface area contributed by atoms with Gasteiger partial charge in [0.25, 0.3) is 0 Å². The number of alkyl halides is 3. The van der Waals surface area contributed by atoms with Crippen molar-refractivity contribution < 1.29 is 18.0 Å². The smallest absolute Gasteiger partial charge is 0.368 e. The topological polar surface area (TPSA) is 67.2 Å². The van der Waals surface area contributed by atoms with Crippen LogP contribution in [0.2, 0.25) is 0 Å². The first kappa shape index (κ1) is 28.0. The van der Waals surface area contributed by atoms with E-state index < -0.39 is 11.7 Å². The van der Waals surface area contributed by atoms with E-state index in [-0.39, 0.29) is 5.91 Å². The normalized spacial score (nSPS) is 14.2. The molecule has 5 aromatic rings. The number of hydrogen-bond acceptors (Lipinski definition) is 6. The third kappa shape index (κ3) is 6.06. The van der Waals surface area contributed by atoms with Gasteiger partial charge in [0.1, 0.15) is 5.52 Å². The molecule has 3 aromatic carbocycles. The molecule has 0 bridgehead atoms. The highest BCUT2D eigenvalue weighted by Gasteiger charge is 2.31. The zero-order valence-electron chi connectivity index (χ0n) is 22.8. The molecule has 1 aliphatic rings. The van der Waals surface area contributed by atoms with Crippen LogP contribution in [-0.4, -0.2) is 62.5 Å². The zero-order chi connectivity index (χ0) is 29.1. The molecule has 1 saturated heterocycles. The van der Waals surface area contributed by atoms with Crippen LogP contribution in [0.1, 0.15) is 24.0 Å². The Balaban J connectivity index is 1.04. The Bertz CT molecular complexity index is 1700. The molecule has 2 aromatic heterocycles.